The van der Waals surface area contributed by atoms with Crippen LogP contribution in [-0.2, 0) is 36.8 Å². The van der Waals surface area contributed by atoms with Crippen molar-refractivity contribution in [3.05, 3.63) is 71.9 Å². The molecule has 1 aliphatic heterocycles. The van der Waals surface area contributed by atoms with Gasteiger partial charge in [-0.25, -0.2) is 4.79 Å². The van der Waals surface area contributed by atoms with Gasteiger partial charge in [0.15, 0.2) is 0 Å². The number of hydrogen-bond acceptors (Lipinski definition) is 6. The molecule has 0 aliphatic carbocycles. The molecule has 4 rings (SSSR count). The van der Waals surface area contributed by atoms with Crippen molar-refractivity contribution in [3.8, 4) is 0 Å². The summed E-state index contributed by atoms with van der Waals surface area (Å²) in [5.74, 6) is -4.26. The summed E-state index contributed by atoms with van der Waals surface area (Å²) in [5.41, 5.74) is 2.24. The molecule has 0 radical (unpaired) electrons. The highest BCUT2D eigenvalue weighted by molar-refractivity contribution is 5.95. The fourth-order valence-corrected chi connectivity index (χ4v) is 5.04. The minimum Gasteiger partial charge on any atom is -0.481 e. The van der Waals surface area contributed by atoms with Crippen LogP contribution in [0.15, 0.2) is 60.8 Å². The van der Waals surface area contributed by atoms with E-state index in [9.17, 15) is 34.2 Å². The maximum Gasteiger partial charge on any atom is 0.326 e. The smallest absolute Gasteiger partial charge is 0.326 e. The van der Waals surface area contributed by atoms with E-state index in [0.29, 0.717) is 24.1 Å². The Kier molecular flexibility index (Phi) is 10.3. The van der Waals surface area contributed by atoms with Gasteiger partial charge in [0.25, 0.3) is 0 Å². The fraction of sp³-hybridized carbons (Fsp3) is 0.367. The van der Waals surface area contributed by atoms with Crippen LogP contribution in [0.2, 0.25) is 0 Å². The number of carboxylic acids is 2. The van der Waals surface area contributed by atoms with Gasteiger partial charge in [-0.05, 0) is 43.0 Å². The first-order valence-corrected chi connectivity index (χ1v) is 13.9. The number of aromatic nitrogens is 1. The highest BCUT2D eigenvalue weighted by Crippen LogP contribution is 2.19. The number of carbonyl (C=O) groups is 5. The van der Waals surface area contributed by atoms with Crippen molar-refractivity contribution < 1.29 is 34.2 Å². The van der Waals surface area contributed by atoms with E-state index in [4.69, 9.17) is 0 Å². The molecule has 0 spiro atoms. The third-order valence-corrected chi connectivity index (χ3v) is 7.29. The molecule has 4 unspecified atom stereocenters. The topological polar surface area (TPSA) is 190 Å². The Morgan fingerprint density at radius 3 is 2.21 bits per heavy atom. The summed E-state index contributed by atoms with van der Waals surface area (Å²) in [6.07, 6.45) is 2.57. The van der Waals surface area contributed by atoms with Crippen molar-refractivity contribution in [3.63, 3.8) is 0 Å². The predicted molar refractivity (Wildman–Crippen MR) is 153 cm³/mol. The molecule has 3 aromatic rings. The lowest BCUT2D eigenvalue weighted by Crippen LogP contribution is -2.57. The molecule has 2 aromatic carbocycles. The van der Waals surface area contributed by atoms with Crippen LogP contribution < -0.4 is 21.3 Å². The van der Waals surface area contributed by atoms with Crippen LogP contribution in [0.1, 0.15) is 36.8 Å². The first-order valence-electron chi connectivity index (χ1n) is 13.9. The Labute approximate surface area is 242 Å². The molecule has 1 aliphatic rings. The summed E-state index contributed by atoms with van der Waals surface area (Å²) in [4.78, 5) is 66.3. The van der Waals surface area contributed by atoms with E-state index in [1.54, 1.807) is 36.5 Å². The SMILES string of the molecule is O=C(O)CCC(NC(=O)C1CCCN1)C(=O)NC(Cc1c[nH]c2ccccc12)C(=O)NC(Cc1ccccc1)C(=O)O. The van der Waals surface area contributed by atoms with Crippen LogP contribution in [0, 0.1) is 0 Å². The third kappa shape index (κ3) is 8.16. The second kappa shape index (κ2) is 14.3. The van der Waals surface area contributed by atoms with Crippen LogP contribution in [-0.4, -0.2) is 75.6 Å². The number of carbonyl (C=O) groups excluding carboxylic acids is 3. The van der Waals surface area contributed by atoms with Gasteiger partial charge in [-0.1, -0.05) is 48.5 Å². The van der Waals surface area contributed by atoms with Crippen molar-refractivity contribution >= 4 is 40.6 Å². The number of rotatable bonds is 14. The molecular formula is C30H35N5O7. The van der Waals surface area contributed by atoms with E-state index >= 15 is 0 Å². The molecule has 1 fully saturated rings. The largest absolute Gasteiger partial charge is 0.481 e. The van der Waals surface area contributed by atoms with Gasteiger partial charge in [-0.3, -0.25) is 19.2 Å². The number of aromatic amines is 1. The van der Waals surface area contributed by atoms with E-state index in [1.807, 2.05) is 24.3 Å². The van der Waals surface area contributed by atoms with Crippen molar-refractivity contribution in [2.24, 2.45) is 0 Å². The first kappa shape index (κ1) is 30.3. The number of aliphatic carboxylic acids is 2. The first-order chi connectivity index (χ1) is 20.2. The second-order valence-electron chi connectivity index (χ2n) is 10.4. The van der Waals surface area contributed by atoms with Crippen LogP contribution in [0.25, 0.3) is 10.9 Å². The Bertz CT molecular complexity index is 1420. The summed E-state index contributed by atoms with van der Waals surface area (Å²) in [6.45, 7) is 0.657. The predicted octanol–water partition coefficient (Wildman–Crippen LogP) is 1.11. The summed E-state index contributed by atoms with van der Waals surface area (Å²) in [7, 11) is 0. The Morgan fingerprint density at radius 2 is 1.52 bits per heavy atom. The van der Waals surface area contributed by atoms with E-state index in [1.165, 1.54) is 0 Å². The van der Waals surface area contributed by atoms with Crippen molar-refractivity contribution in [1.82, 2.24) is 26.3 Å². The summed E-state index contributed by atoms with van der Waals surface area (Å²) in [6, 6.07) is 12.1. The number of fused-ring (bicyclic) bond motifs is 1. The van der Waals surface area contributed by atoms with E-state index in [-0.39, 0.29) is 25.7 Å². The lowest BCUT2D eigenvalue weighted by Gasteiger charge is -2.25. The maximum absolute atomic E-state index is 13.6. The quantitative estimate of drug-likeness (QED) is 0.148. The molecule has 12 nitrogen and oxygen atoms in total. The average molecular weight is 578 g/mol. The maximum atomic E-state index is 13.6. The molecule has 1 saturated heterocycles. The zero-order valence-corrected chi connectivity index (χ0v) is 23.0. The average Bonchev–Trinajstić information content (AvgIpc) is 3.66. The zero-order valence-electron chi connectivity index (χ0n) is 23.0. The Hall–Kier alpha value is -4.71. The van der Waals surface area contributed by atoms with Crippen molar-refractivity contribution in [2.75, 3.05) is 6.54 Å². The van der Waals surface area contributed by atoms with Crippen molar-refractivity contribution in [2.45, 2.75) is 62.7 Å². The number of benzene rings is 2. The number of nitrogens with one attached hydrogen (secondary N) is 5. The van der Waals surface area contributed by atoms with Crippen molar-refractivity contribution in [1.29, 1.82) is 0 Å². The molecule has 7 N–H and O–H groups in total. The van der Waals surface area contributed by atoms with Gasteiger partial charge in [0.1, 0.15) is 18.1 Å². The van der Waals surface area contributed by atoms with Gasteiger partial charge in [-0.15, -0.1) is 0 Å². The van der Waals surface area contributed by atoms with Gasteiger partial charge in [0.05, 0.1) is 6.04 Å². The highest BCUT2D eigenvalue weighted by atomic mass is 16.4. The van der Waals surface area contributed by atoms with Gasteiger partial charge in [0.2, 0.25) is 17.7 Å². The highest BCUT2D eigenvalue weighted by Gasteiger charge is 2.32. The van der Waals surface area contributed by atoms with Crippen LogP contribution >= 0.6 is 0 Å². The lowest BCUT2D eigenvalue weighted by molar-refractivity contribution is -0.142. The standard InChI is InChI=1S/C30H35N5O7/c36-26(37)13-12-23(33-27(38)22-11-6-14-31-22)28(39)34-24(16-19-17-32-21-10-5-4-9-20(19)21)29(40)35-25(30(41)42)15-18-7-2-1-3-8-18/h1-5,7-10,17,22-25,31-32H,6,11-16H2,(H,33,38)(H,34,39)(H,35,40)(H,36,37)(H,41,42). The molecule has 4 atom stereocenters. The summed E-state index contributed by atoms with van der Waals surface area (Å²) < 4.78 is 0. The molecule has 0 saturated carbocycles. The number of carboxylic acid groups (broad SMARTS) is 2. The molecule has 0 bridgehead atoms. The Balaban J connectivity index is 1.56. The van der Waals surface area contributed by atoms with E-state index in [2.05, 4.69) is 26.3 Å². The summed E-state index contributed by atoms with van der Waals surface area (Å²) >= 11 is 0. The van der Waals surface area contributed by atoms with E-state index in [0.717, 1.165) is 17.3 Å². The second-order valence-corrected chi connectivity index (χ2v) is 10.4. The van der Waals surface area contributed by atoms with Gasteiger partial charge >= 0.3 is 11.9 Å². The summed E-state index contributed by atoms with van der Waals surface area (Å²) in [5, 5.41) is 30.8. The normalized spacial score (nSPS) is 16.7. The molecule has 12 heteroatoms. The molecule has 42 heavy (non-hydrogen) atoms. The molecular weight excluding hydrogens is 542 g/mol. The molecule has 3 amide bonds. The number of amides is 3. The van der Waals surface area contributed by atoms with Crippen LogP contribution in [0.3, 0.4) is 0 Å². The number of para-hydroxylation sites is 1. The van der Waals surface area contributed by atoms with Crippen LogP contribution in [0.5, 0.6) is 0 Å². The lowest BCUT2D eigenvalue weighted by atomic mass is 10.0. The minimum atomic E-state index is -1.27. The molecule has 1 aromatic heterocycles. The Morgan fingerprint density at radius 1 is 0.833 bits per heavy atom. The fourth-order valence-electron chi connectivity index (χ4n) is 5.04. The monoisotopic (exact) mass is 577 g/mol. The van der Waals surface area contributed by atoms with Crippen LogP contribution in [0.4, 0.5) is 0 Å². The van der Waals surface area contributed by atoms with Gasteiger partial charge < -0.3 is 36.5 Å². The number of hydrogen-bond donors (Lipinski definition) is 7. The van der Waals surface area contributed by atoms with E-state index < -0.39 is 53.8 Å². The van der Waals surface area contributed by atoms with Gasteiger partial charge in [0, 0.05) is 36.4 Å². The minimum absolute atomic E-state index is 0.0169. The molecule has 2 heterocycles. The number of H-pyrrole nitrogens is 1. The molecule has 222 valence electrons. The zero-order chi connectivity index (χ0) is 30.1. The van der Waals surface area contributed by atoms with Gasteiger partial charge in [-0.2, -0.15) is 0 Å². The third-order valence-electron chi connectivity index (χ3n) is 7.29.